The topological polar surface area (TPSA) is 143 Å². The number of carbonyl (C=O) groups is 2. The number of ether oxygens (including phenoxy) is 2. The predicted molar refractivity (Wildman–Crippen MR) is 203 cm³/mol. The number of nitrogens with zero attached hydrogens (tertiary/aromatic N) is 2. The molecule has 2 aromatic carbocycles. The van der Waals surface area contributed by atoms with Crippen LogP contribution in [-0.4, -0.2) is 80.1 Å². The van der Waals surface area contributed by atoms with E-state index in [9.17, 15) is 18.0 Å². The maximum Gasteiger partial charge on any atom is 0.264 e. The van der Waals surface area contributed by atoms with Crippen molar-refractivity contribution in [2.45, 2.75) is 95.6 Å². The fourth-order valence-electron chi connectivity index (χ4n) is 8.48. The van der Waals surface area contributed by atoms with Crippen LogP contribution in [0.5, 0.6) is 5.75 Å². The Morgan fingerprint density at radius 3 is 2.35 bits per heavy atom. The highest BCUT2D eigenvalue weighted by molar-refractivity contribution is 7.90. The number of amides is 2. The average Bonchev–Trinajstić information content (AvgIpc) is 3.57. The highest BCUT2D eigenvalue weighted by Crippen LogP contribution is 2.47. The van der Waals surface area contributed by atoms with Gasteiger partial charge in [0.15, 0.2) is 0 Å². The lowest BCUT2D eigenvalue weighted by atomic mass is 9.81. The molecule has 3 aromatic rings. The number of sulfonamides is 1. The van der Waals surface area contributed by atoms with E-state index in [1.165, 1.54) is 25.8 Å². The van der Waals surface area contributed by atoms with Crippen LogP contribution in [-0.2, 0) is 26.1 Å². The molecule has 3 N–H and O–H groups in total. The van der Waals surface area contributed by atoms with Crippen molar-refractivity contribution in [1.82, 2.24) is 19.5 Å². The van der Waals surface area contributed by atoms with Gasteiger partial charge in [0.25, 0.3) is 11.8 Å². The third-order valence-electron chi connectivity index (χ3n) is 11.1. The van der Waals surface area contributed by atoms with Crippen LogP contribution < -0.4 is 14.8 Å². The number of benzene rings is 2. The maximum atomic E-state index is 14.4. The first kappa shape index (κ1) is 36.0. The molecule has 4 heterocycles. The zero-order valence-electron chi connectivity index (χ0n) is 30.7. The van der Waals surface area contributed by atoms with Crippen LogP contribution in [0.15, 0.2) is 53.2 Å². The normalized spacial score (nSPS) is 20.8. The quantitative estimate of drug-likeness (QED) is 0.178. The summed E-state index contributed by atoms with van der Waals surface area (Å²) in [5, 5.41) is 12.5. The average molecular weight is 728 g/mol. The molecule has 1 aliphatic carbocycles. The molecule has 3 fully saturated rings. The predicted octanol–water partition coefficient (Wildman–Crippen LogP) is 6.13. The molecule has 1 saturated carbocycles. The van der Waals surface area contributed by atoms with E-state index in [1.807, 2.05) is 23.1 Å². The molecule has 0 spiro atoms. The fourth-order valence-corrected chi connectivity index (χ4v) is 9.09. The largest absolute Gasteiger partial charge is 0.497 e. The van der Waals surface area contributed by atoms with Gasteiger partial charge in [-0.1, -0.05) is 25.3 Å². The van der Waals surface area contributed by atoms with Gasteiger partial charge in [-0.15, -0.1) is 0 Å². The summed E-state index contributed by atoms with van der Waals surface area (Å²) in [6.45, 7) is 6.05. The lowest BCUT2D eigenvalue weighted by molar-refractivity contribution is -0.135. The molecule has 11 nitrogen and oxygen atoms in total. The minimum absolute atomic E-state index is 0.0124. The van der Waals surface area contributed by atoms with Gasteiger partial charge >= 0.3 is 0 Å². The SMILES string of the molecule is CN/C(C1=Cc2cc(OC)ccc2-c2c(C3CCCCC3)c3ccc(C(=O)NS(=O)(=O)C(C)C)cc3n2C1)=C(\C(C)=N)C(=O)N1CC2CCC(C1)O2. The number of rotatable bonds is 9. The molecule has 12 heteroatoms. The number of hydrogen-bond donors (Lipinski definition) is 3. The van der Waals surface area contributed by atoms with E-state index in [2.05, 4.69) is 26.7 Å². The summed E-state index contributed by atoms with van der Waals surface area (Å²) in [5.74, 6) is 0.116. The van der Waals surface area contributed by atoms with Gasteiger partial charge < -0.3 is 29.7 Å². The van der Waals surface area contributed by atoms with Gasteiger partial charge in [0, 0.05) is 47.9 Å². The number of morpholine rings is 1. The number of carbonyl (C=O) groups excluding carboxylic acids is 2. The highest BCUT2D eigenvalue weighted by atomic mass is 32.2. The first-order chi connectivity index (χ1) is 24.9. The summed E-state index contributed by atoms with van der Waals surface area (Å²) in [7, 11) is -0.422. The summed E-state index contributed by atoms with van der Waals surface area (Å²) in [4.78, 5) is 29.7. The van der Waals surface area contributed by atoms with Gasteiger partial charge in [-0.25, -0.2) is 13.1 Å². The molecule has 2 unspecified atom stereocenters. The van der Waals surface area contributed by atoms with E-state index in [0.29, 0.717) is 42.6 Å². The van der Waals surface area contributed by atoms with Gasteiger partial charge in [-0.3, -0.25) is 9.59 Å². The number of fused-ring (bicyclic) bond motifs is 7. The lowest BCUT2D eigenvalue weighted by Gasteiger charge is -2.33. The Morgan fingerprint density at radius 2 is 1.71 bits per heavy atom. The Labute approximate surface area is 306 Å². The summed E-state index contributed by atoms with van der Waals surface area (Å²) in [6.07, 6.45) is 9.50. The molecule has 2 saturated heterocycles. The second kappa shape index (κ2) is 14.2. The molecular weight excluding hydrogens is 679 g/mol. The van der Waals surface area contributed by atoms with E-state index in [0.717, 1.165) is 71.8 Å². The lowest BCUT2D eigenvalue weighted by Crippen LogP contribution is -2.47. The third kappa shape index (κ3) is 6.55. The molecule has 2 amide bonds. The Morgan fingerprint density at radius 1 is 1.00 bits per heavy atom. The van der Waals surface area contributed by atoms with Gasteiger partial charge in [-0.2, -0.15) is 0 Å². The summed E-state index contributed by atoms with van der Waals surface area (Å²) in [6, 6.07) is 11.5. The highest BCUT2D eigenvalue weighted by Gasteiger charge is 2.38. The molecule has 0 radical (unpaired) electrons. The minimum Gasteiger partial charge on any atom is -0.497 e. The van der Waals surface area contributed by atoms with Crippen molar-refractivity contribution in [2.75, 3.05) is 27.2 Å². The van der Waals surface area contributed by atoms with Crippen LogP contribution in [0.3, 0.4) is 0 Å². The summed E-state index contributed by atoms with van der Waals surface area (Å²) < 4.78 is 41.6. The summed E-state index contributed by atoms with van der Waals surface area (Å²) >= 11 is 0. The first-order valence-corrected chi connectivity index (χ1v) is 20.0. The second-order valence-electron chi connectivity index (χ2n) is 14.9. The zero-order valence-corrected chi connectivity index (χ0v) is 31.5. The van der Waals surface area contributed by atoms with Crippen LogP contribution in [0.25, 0.3) is 28.2 Å². The number of nitrogens with one attached hydrogen (secondary N) is 3. The van der Waals surface area contributed by atoms with Crippen molar-refractivity contribution in [3.05, 3.63) is 69.9 Å². The van der Waals surface area contributed by atoms with E-state index in [1.54, 1.807) is 33.2 Å². The Bertz CT molecular complexity index is 2110. The fraction of sp³-hybridized carbons (Fsp3) is 0.475. The summed E-state index contributed by atoms with van der Waals surface area (Å²) in [5.41, 5.74) is 7.06. The van der Waals surface area contributed by atoms with Crippen molar-refractivity contribution in [2.24, 2.45) is 0 Å². The smallest absolute Gasteiger partial charge is 0.264 e. The van der Waals surface area contributed by atoms with Crippen molar-refractivity contribution < 1.29 is 27.5 Å². The number of allylic oxidation sites excluding steroid dienone is 1. The minimum atomic E-state index is -3.85. The van der Waals surface area contributed by atoms with E-state index in [-0.39, 0.29) is 29.4 Å². The van der Waals surface area contributed by atoms with Crippen LogP contribution in [0.1, 0.15) is 93.1 Å². The standard InChI is InChI=1S/C40H49N5O6S/c1-23(2)52(48,49)43-39(46)26-11-15-33-34(19-26)45-20-28(37(42-4)35(24(3)41)40(47)44-21-30-12-13-31(22-44)51-30)17-27-18-29(50-5)14-16-32(27)38(45)36(33)25-9-7-6-8-10-25/h11,14-19,23,25,30-31,41-42H,6-10,12-13,20-22H2,1-5H3,(H,43,46)/b37-35+,41-24?. The molecule has 2 atom stereocenters. The first-order valence-electron chi connectivity index (χ1n) is 18.4. The number of hydrogen-bond acceptors (Lipinski definition) is 8. The van der Waals surface area contributed by atoms with E-state index in [4.69, 9.17) is 14.9 Å². The third-order valence-corrected chi connectivity index (χ3v) is 12.9. The number of likely N-dealkylation sites (tertiary alicyclic amines) is 1. The number of methoxy groups -OCH3 is 1. The Hall–Kier alpha value is -4.42. The maximum absolute atomic E-state index is 14.4. The molecule has 276 valence electrons. The Kier molecular flexibility index (Phi) is 9.81. The van der Waals surface area contributed by atoms with Crippen molar-refractivity contribution in [1.29, 1.82) is 5.41 Å². The van der Waals surface area contributed by atoms with Gasteiger partial charge in [-0.05, 0) is 105 Å². The van der Waals surface area contributed by atoms with E-state index < -0.39 is 21.2 Å². The second-order valence-corrected chi connectivity index (χ2v) is 17.1. The molecule has 3 aliphatic heterocycles. The molecule has 7 rings (SSSR count). The van der Waals surface area contributed by atoms with Gasteiger partial charge in [0.05, 0.1) is 48.1 Å². The molecule has 52 heavy (non-hydrogen) atoms. The molecule has 2 bridgehead atoms. The van der Waals surface area contributed by atoms with Gasteiger partial charge in [0.1, 0.15) is 5.75 Å². The van der Waals surface area contributed by atoms with Crippen LogP contribution in [0.2, 0.25) is 0 Å². The van der Waals surface area contributed by atoms with Crippen LogP contribution in [0.4, 0.5) is 0 Å². The van der Waals surface area contributed by atoms with Crippen LogP contribution in [0, 0.1) is 5.41 Å². The van der Waals surface area contributed by atoms with Crippen molar-refractivity contribution >= 4 is 44.5 Å². The molecular formula is C40H49N5O6S. The number of aromatic nitrogens is 1. The van der Waals surface area contributed by atoms with E-state index >= 15 is 0 Å². The number of likely N-dealkylation sites (N-methyl/N-ethyl adjacent to an activating group) is 1. The molecule has 1 aromatic heterocycles. The van der Waals surface area contributed by atoms with Crippen molar-refractivity contribution in [3.63, 3.8) is 0 Å². The van der Waals surface area contributed by atoms with Crippen molar-refractivity contribution in [3.8, 4) is 17.0 Å². The van der Waals surface area contributed by atoms with Gasteiger partial charge in [0.2, 0.25) is 10.0 Å². The monoisotopic (exact) mass is 727 g/mol. The Balaban J connectivity index is 1.44. The zero-order chi connectivity index (χ0) is 36.9. The van der Waals surface area contributed by atoms with Crippen LogP contribution >= 0.6 is 0 Å². The molecule has 4 aliphatic rings.